The van der Waals surface area contributed by atoms with Crippen LogP contribution in [0.5, 0.6) is 0 Å². The minimum atomic E-state index is 0.523. The number of nitrogens with zero attached hydrogens (tertiary/aromatic N) is 3. The predicted octanol–water partition coefficient (Wildman–Crippen LogP) is 3.06. The number of aryl methyl sites for hydroxylation is 1. The zero-order valence-electron chi connectivity index (χ0n) is 9.63. The summed E-state index contributed by atoms with van der Waals surface area (Å²) in [5.74, 6) is 0.753. The van der Waals surface area contributed by atoms with Crippen molar-refractivity contribution in [1.29, 1.82) is 0 Å². The van der Waals surface area contributed by atoms with Crippen molar-refractivity contribution in [3.05, 3.63) is 16.9 Å². The number of aromatic nitrogens is 2. The van der Waals surface area contributed by atoms with Crippen LogP contribution in [0, 0.1) is 6.92 Å². The number of hydrogen-bond donors (Lipinski definition) is 0. The van der Waals surface area contributed by atoms with Crippen molar-refractivity contribution < 1.29 is 0 Å². The van der Waals surface area contributed by atoms with Crippen molar-refractivity contribution in [3.63, 3.8) is 0 Å². The molecule has 0 bridgehead atoms. The zero-order valence-corrected chi connectivity index (χ0v) is 10.4. The molecular formula is C11H18ClN3. The second kappa shape index (κ2) is 5.91. The summed E-state index contributed by atoms with van der Waals surface area (Å²) in [5, 5.41) is 0.523. The van der Waals surface area contributed by atoms with Crippen LogP contribution in [0.4, 0.5) is 5.95 Å². The number of halogens is 1. The van der Waals surface area contributed by atoms with E-state index in [4.69, 9.17) is 11.6 Å². The maximum atomic E-state index is 5.92. The Bertz CT molecular complexity index is 288. The summed E-state index contributed by atoms with van der Waals surface area (Å²) in [6.07, 6.45) is 2.18. The topological polar surface area (TPSA) is 29.0 Å². The van der Waals surface area contributed by atoms with Gasteiger partial charge in [-0.2, -0.15) is 0 Å². The van der Waals surface area contributed by atoms with Crippen molar-refractivity contribution in [3.8, 4) is 0 Å². The second-order valence-electron chi connectivity index (χ2n) is 3.62. The highest BCUT2D eigenvalue weighted by atomic mass is 35.5. The van der Waals surface area contributed by atoms with E-state index >= 15 is 0 Å². The Kier molecular flexibility index (Phi) is 4.82. The van der Waals surface area contributed by atoms with Crippen LogP contribution in [-0.2, 0) is 0 Å². The van der Waals surface area contributed by atoms with Gasteiger partial charge in [-0.05, 0) is 25.8 Å². The van der Waals surface area contributed by atoms with Crippen LogP contribution in [-0.4, -0.2) is 23.1 Å². The van der Waals surface area contributed by atoms with Gasteiger partial charge in [0.15, 0.2) is 0 Å². The standard InChI is InChI=1S/C11H18ClN3/c1-4-6-15(7-5-2)11-13-9(3)8-10(12)14-11/h8H,4-7H2,1-3H3. The normalized spacial score (nSPS) is 10.4. The second-order valence-corrected chi connectivity index (χ2v) is 4.01. The number of anilines is 1. The fourth-order valence-corrected chi connectivity index (χ4v) is 1.74. The highest BCUT2D eigenvalue weighted by Gasteiger charge is 2.08. The molecule has 4 heteroatoms. The zero-order chi connectivity index (χ0) is 11.3. The van der Waals surface area contributed by atoms with E-state index < -0.39 is 0 Å². The van der Waals surface area contributed by atoms with Gasteiger partial charge in [0.05, 0.1) is 0 Å². The Hall–Kier alpha value is -0.830. The minimum absolute atomic E-state index is 0.523. The Balaban J connectivity index is 2.88. The third-order valence-electron chi connectivity index (χ3n) is 2.08. The highest BCUT2D eigenvalue weighted by molar-refractivity contribution is 6.29. The lowest BCUT2D eigenvalue weighted by atomic mass is 10.3. The molecule has 0 amide bonds. The van der Waals surface area contributed by atoms with Crippen LogP contribution in [0.1, 0.15) is 32.4 Å². The number of hydrogen-bond acceptors (Lipinski definition) is 3. The monoisotopic (exact) mass is 227 g/mol. The van der Waals surface area contributed by atoms with E-state index in [1.165, 1.54) is 0 Å². The van der Waals surface area contributed by atoms with E-state index in [0.29, 0.717) is 5.15 Å². The van der Waals surface area contributed by atoms with Gasteiger partial charge < -0.3 is 4.90 Å². The molecule has 0 saturated heterocycles. The van der Waals surface area contributed by atoms with E-state index in [9.17, 15) is 0 Å². The fraction of sp³-hybridized carbons (Fsp3) is 0.636. The van der Waals surface area contributed by atoms with E-state index in [1.807, 2.05) is 6.92 Å². The maximum absolute atomic E-state index is 5.92. The van der Waals surface area contributed by atoms with Crippen LogP contribution < -0.4 is 4.90 Å². The van der Waals surface area contributed by atoms with Crippen LogP contribution in [0.25, 0.3) is 0 Å². The first kappa shape index (κ1) is 12.2. The van der Waals surface area contributed by atoms with Gasteiger partial charge in [0.25, 0.3) is 0 Å². The molecule has 0 aliphatic carbocycles. The third-order valence-corrected chi connectivity index (χ3v) is 2.27. The van der Waals surface area contributed by atoms with Crippen LogP contribution in [0.15, 0.2) is 6.07 Å². The SMILES string of the molecule is CCCN(CCC)c1nc(C)cc(Cl)n1. The summed E-state index contributed by atoms with van der Waals surface area (Å²) < 4.78 is 0. The van der Waals surface area contributed by atoms with E-state index in [-0.39, 0.29) is 0 Å². The molecule has 0 fully saturated rings. The Morgan fingerprint density at radius 1 is 1.20 bits per heavy atom. The van der Waals surface area contributed by atoms with E-state index in [0.717, 1.165) is 37.6 Å². The summed E-state index contributed by atoms with van der Waals surface area (Å²) >= 11 is 5.92. The van der Waals surface area contributed by atoms with Crippen LogP contribution in [0.3, 0.4) is 0 Å². The molecule has 0 radical (unpaired) electrons. The van der Waals surface area contributed by atoms with Gasteiger partial charge in [-0.1, -0.05) is 25.4 Å². The molecule has 1 aromatic heterocycles. The average molecular weight is 228 g/mol. The Morgan fingerprint density at radius 3 is 2.27 bits per heavy atom. The highest BCUT2D eigenvalue weighted by Crippen LogP contribution is 2.14. The largest absolute Gasteiger partial charge is 0.341 e. The maximum Gasteiger partial charge on any atom is 0.226 e. The molecule has 0 atom stereocenters. The molecule has 1 rings (SSSR count). The fourth-order valence-electron chi connectivity index (χ4n) is 1.51. The molecule has 0 aliphatic rings. The summed E-state index contributed by atoms with van der Waals surface area (Å²) in [5.41, 5.74) is 0.919. The van der Waals surface area contributed by atoms with Gasteiger partial charge in [-0.3, -0.25) is 0 Å². The molecule has 0 spiro atoms. The van der Waals surface area contributed by atoms with Crippen molar-refractivity contribution in [2.45, 2.75) is 33.6 Å². The van der Waals surface area contributed by atoms with Crippen molar-refractivity contribution in [2.24, 2.45) is 0 Å². The van der Waals surface area contributed by atoms with Crippen molar-refractivity contribution in [2.75, 3.05) is 18.0 Å². The summed E-state index contributed by atoms with van der Waals surface area (Å²) in [6.45, 7) is 8.20. The lowest BCUT2D eigenvalue weighted by molar-refractivity contribution is 0.719. The summed E-state index contributed by atoms with van der Waals surface area (Å²) in [4.78, 5) is 10.8. The van der Waals surface area contributed by atoms with Gasteiger partial charge in [0.1, 0.15) is 5.15 Å². The van der Waals surface area contributed by atoms with Gasteiger partial charge in [-0.25, -0.2) is 9.97 Å². The van der Waals surface area contributed by atoms with Crippen molar-refractivity contribution in [1.82, 2.24) is 9.97 Å². The Labute approximate surface area is 96.5 Å². The lowest BCUT2D eigenvalue weighted by Gasteiger charge is -2.21. The molecule has 1 heterocycles. The predicted molar refractivity (Wildman–Crippen MR) is 64.6 cm³/mol. The van der Waals surface area contributed by atoms with Gasteiger partial charge in [-0.15, -0.1) is 0 Å². The molecule has 0 N–H and O–H groups in total. The molecule has 0 aliphatic heterocycles. The van der Waals surface area contributed by atoms with Crippen LogP contribution in [0.2, 0.25) is 5.15 Å². The van der Waals surface area contributed by atoms with Crippen LogP contribution >= 0.6 is 11.6 Å². The molecule has 0 unspecified atom stereocenters. The summed E-state index contributed by atoms with van der Waals surface area (Å²) in [7, 11) is 0. The minimum Gasteiger partial charge on any atom is -0.341 e. The lowest BCUT2D eigenvalue weighted by Crippen LogP contribution is -2.27. The average Bonchev–Trinajstić information content (AvgIpc) is 2.16. The molecule has 3 nitrogen and oxygen atoms in total. The van der Waals surface area contributed by atoms with Gasteiger partial charge in [0.2, 0.25) is 5.95 Å². The first-order valence-electron chi connectivity index (χ1n) is 5.43. The van der Waals surface area contributed by atoms with Crippen molar-refractivity contribution >= 4 is 17.5 Å². The summed E-state index contributed by atoms with van der Waals surface area (Å²) in [6, 6.07) is 1.78. The molecule has 15 heavy (non-hydrogen) atoms. The number of rotatable bonds is 5. The molecule has 1 aromatic rings. The van der Waals surface area contributed by atoms with E-state index in [1.54, 1.807) is 6.07 Å². The quantitative estimate of drug-likeness (QED) is 0.724. The first-order valence-corrected chi connectivity index (χ1v) is 5.81. The van der Waals surface area contributed by atoms with E-state index in [2.05, 4.69) is 28.7 Å². The first-order chi connectivity index (χ1) is 7.17. The molecular weight excluding hydrogens is 210 g/mol. The molecule has 0 saturated carbocycles. The van der Waals surface area contributed by atoms with Gasteiger partial charge in [0, 0.05) is 18.8 Å². The van der Waals surface area contributed by atoms with Gasteiger partial charge >= 0.3 is 0 Å². The Morgan fingerprint density at radius 2 is 1.80 bits per heavy atom. The smallest absolute Gasteiger partial charge is 0.226 e. The molecule has 84 valence electrons. The third kappa shape index (κ3) is 3.67. The molecule has 0 aromatic carbocycles.